The van der Waals surface area contributed by atoms with Crippen LogP contribution in [0.2, 0.25) is 10.0 Å². The van der Waals surface area contributed by atoms with E-state index in [-0.39, 0.29) is 6.04 Å². The fourth-order valence-electron chi connectivity index (χ4n) is 1.88. The molecule has 0 radical (unpaired) electrons. The maximum atomic E-state index is 6.10. The highest BCUT2D eigenvalue weighted by molar-refractivity contribution is 6.35. The number of ether oxygens (including phenoxy) is 1. The Morgan fingerprint density at radius 1 is 1.32 bits per heavy atom. The van der Waals surface area contributed by atoms with Gasteiger partial charge in [0.15, 0.2) is 5.82 Å². The number of hydrogen-bond donors (Lipinski definition) is 1. The minimum atomic E-state index is -0.0517. The second-order valence-electron chi connectivity index (χ2n) is 4.16. The Hall–Kier alpha value is -1.14. The van der Waals surface area contributed by atoms with Crippen molar-refractivity contribution in [2.75, 3.05) is 19.8 Å². The summed E-state index contributed by atoms with van der Waals surface area (Å²) in [5.74, 6) is 0.917. The summed E-state index contributed by atoms with van der Waals surface area (Å²) in [6.07, 6.45) is 0. The fraction of sp³-hybridized carbons (Fsp3) is 0.333. The fourth-order valence-corrected chi connectivity index (χ4v) is 2.25. The van der Waals surface area contributed by atoms with Crippen molar-refractivity contribution in [1.29, 1.82) is 0 Å². The van der Waals surface area contributed by atoms with Crippen molar-refractivity contribution in [3.8, 4) is 11.5 Å². The molecule has 19 heavy (non-hydrogen) atoms. The average molecular weight is 300 g/mol. The van der Waals surface area contributed by atoms with Gasteiger partial charge >= 0.3 is 0 Å². The van der Waals surface area contributed by atoms with Crippen molar-refractivity contribution in [2.24, 2.45) is 0 Å². The number of rotatable bonds is 2. The normalized spacial score (nSPS) is 19.6. The smallest absolute Gasteiger partial charge is 0.259 e. The Morgan fingerprint density at radius 3 is 3.00 bits per heavy atom. The largest absolute Gasteiger partial charge is 0.378 e. The van der Waals surface area contributed by atoms with Crippen LogP contribution in [-0.4, -0.2) is 29.9 Å². The highest BCUT2D eigenvalue weighted by Gasteiger charge is 2.22. The van der Waals surface area contributed by atoms with Gasteiger partial charge in [-0.1, -0.05) is 28.4 Å². The van der Waals surface area contributed by atoms with E-state index in [2.05, 4.69) is 15.5 Å². The van der Waals surface area contributed by atoms with Crippen molar-refractivity contribution in [3.05, 3.63) is 34.1 Å². The zero-order valence-corrected chi connectivity index (χ0v) is 11.4. The molecule has 0 aliphatic carbocycles. The Kier molecular flexibility index (Phi) is 3.70. The molecule has 1 aromatic heterocycles. The van der Waals surface area contributed by atoms with Crippen LogP contribution in [0.3, 0.4) is 0 Å². The summed E-state index contributed by atoms with van der Waals surface area (Å²) in [6, 6.07) is 5.06. The molecule has 100 valence electrons. The molecule has 1 atom stereocenters. The van der Waals surface area contributed by atoms with E-state index in [9.17, 15) is 0 Å². The van der Waals surface area contributed by atoms with Crippen molar-refractivity contribution >= 4 is 23.2 Å². The van der Waals surface area contributed by atoms with Crippen LogP contribution in [0.4, 0.5) is 0 Å². The van der Waals surface area contributed by atoms with Gasteiger partial charge in [0.05, 0.1) is 29.8 Å². The average Bonchev–Trinajstić information content (AvgIpc) is 2.92. The zero-order valence-electron chi connectivity index (χ0n) is 9.90. The maximum Gasteiger partial charge on any atom is 0.259 e. The lowest BCUT2D eigenvalue weighted by Crippen LogP contribution is -2.35. The topological polar surface area (TPSA) is 60.2 Å². The van der Waals surface area contributed by atoms with Gasteiger partial charge in [0.25, 0.3) is 5.89 Å². The quantitative estimate of drug-likeness (QED) is 0.924. The van der Waals surface area contributed by atoms with Crippen LogP contribution in [-0.2, 0) is 4.74 Å². The monoisotopic (exact) mass is 299 g/mol. The Labute approximate surface area is 119 Å². The minimum Gasteiger partial charge on any atom is -0.378 e. The van der Waals surface area contributed by atoms with Gasteiger partial charge in [-0.05, 0) is 18.2 Å². The van der Waals surface area contributed by atoms with Crippen LogP contribution >= 0.6 is 23.2 Å². The molecule has 7 heteroatoms. The highest BCUT2D eigenvalue weighted by atomic mass is 35.5. The van der Waals surface area contributed by atoms with Gasteiger partial charge < -0.3 is 14.6 Å². The lowest BCUT2D eigenvalue weighted by Gasteiger charge is -2.20. The molecule has 0 bridgehead atoms. The SMILES string of the molecule is Clc1ccc(Cl)c(-c2nc(C3COCCN3)no2)c1. The number of aromatic nitrogens is 2. The molecule has 3 rings (SSSR count). The van der Waals surface area contributed by atoms with E-state index in [1.165, 1.54) is 0 Å². The summed E-state index contributed by atoms with van der Waals surface area (Å²) in [7, 11) is 0. The van der Waals surface area contributed by atoms with E-state index in [0.717, 1.165) is 6.54 Å². The van der Waals surface area contributed by atoms with Crippen molar-refractivity contribution in [3.63, 3.8) is 0 Å². The zero-order chi connectivity index (χ0) is 13.2. The first kappa shape index (κ1) is 12.9. The van der Waals surface area contributed by atoms with Crippen molar-refractivity contribution < 1.29 is 9.26 Å². The summed E-state index contributed by atoms with van der Waals surface area (Å²) in [5.41, 5.74) is 0.629. The summed E-state index contributed by atoms with van der Waals surface area (Å²) >= 11 is 12.0. The number of benzene rings is 1. The van der Waals surface area contributed by atoms with Crippen LogP contribution in [0.15, 0.2) is 22.7 Å². The summed E-state index contributed by atoms with van der Waals surface area (Å²) in [6.45, 7) is 2.00. The van der Waals surface area contributed by atoms with Gasteiger partial charge in [-0.2, -0.15) is 4.98 Å². The van der Waals surface area contributed by atoms with E-state index < -0.39 is 0 Å². The first-order chi connectivity index (χ1) is 9.24. The number of hydrogen-bond acceptors (Lipinski definition) is 5. The predicted octanol–water partition coefficient (Wildman–Crippen LogP) is 2.70. The molecule has 1 aromatic carbocycles. The Bertz CT molecular complexity index is 582. The molecular weight excluding hydrogens is 289 g/mol. The van der Waals surface area contributed by atoms with Crippen LogP contribution in [0, 0.1) is 0 Å². The Morgan fingerprint density at radius 2 is 2.21 bits per heavy atom. The second-order valence-corrected chi connectivity index (χ2v) is 5.01. The van der Waals surface area contributed by atoms with Gasteiger partial charge in [0, 0.05) is 11.6 Å². The molecule has 1 fully saturated rings. The highest BCUT2D eigenvalue weighted by Crippen LogP contribution is 2.30. The first-order valence-corrected chi connectivity index (χ1v) is 6.60. The van der Waals surface area contributed by atoms with E-state index >= 15 is 0 Å². The third kappa shape index (κ3) is 2.74. The standard InChI is InChI=1S/C12H11Cl2N3O2/c13-7-1-2-9(14)8(5-7)12-16-11(17-19-12)10-6-18-4-3-15-10/h1-2,5,10,15H,3-4,6H2. The summed E-state index contributed by atoms with van der Waals surface area (Å²) in [4.78, 5) is 4.34. The van der Waals surface area contributed by atoms with Crippen LogP contribution in [0.1, 0.15) is 11.9 Å². The molecule has 0 spiro atoms. The molecule has 0 amide bonds. The van der Waals surface area contributed by atoms with Crippen LogP contribution in [0.25, 0.3) is 11.5 Å². The predicted molar refractivity (Wildman–Crippen MR) is 71.3 cm³/mol. The van der Waals surface area contributed by atoms with E-state index in [0.29, 0.717) is 40.5 Å². The molecule has 5 nitrogen and oxygen atoms in total. The minimum absolute atomic E-state index is 0.0517. The molecule has 0 saturated carbocycles. The molecule has 2 aromatic rings. The number of nitrogens with zero attached hydrogens (tertiary/aromatic N) is 2. The number of morpholine rings is 1. The second kappa shape index (κ2) is 5.46. The van der Waals surface area contributed by atoms with Gasteiger partial charge in [0.2, 0.25) is 0 Å². The molecule has 2 heterocycles. The molecular formula is C12H11Cl2N3O2. The number of halogens is 2. The summed E-state index contributed by atoms with van der Waals surface area (Å²) < 4.78 is 10.6. The van der Waals surface area contributed by atoms with E-state index in [1.54, 1.807) is 18.2 Å². The van der Waals surface area contributed by atoms with Gasteiger partial charge in [-0.25, -0.2) is 0 Å². The third-order valence-electron chi connectivity index (χ3n) is 2.83. The molecule has 1 N–H and O–H groups in total. The lowest BCUT2D eigenvalue weighted by molar-refractivity contribution is 0.0734. The van der Waals surface area contributed by atoms with Crippen LogP contribution in [0.5, 0.6) is 0 Å². The first-order valence-electron chi connectivity index (χ1n) is 5.84. The Balaban J connectivity index is 1.89. The van der Waals surface area contributed by atoms with Gasteiger partial charge in [0.1, 0.15) is 0 Å². The van der Waals surface area contributed by atoms with Gasteiger partial charge in [-0.15, -0.1) is 0 Å². The lowest BCUT2D eigenvalue weighted by atomic mass is 10.2. The number of nitrogens with one attached hydrogen (secondary N) is 1. The van der Waals surface area contributed by atoms with Gasteiger partial charge in [-0.3, -0.25) is 0 Å². The van der Waals surface area contributed by atoms with Crippen molar-refractivity contribution in [2.45, 2.75) is 6.04 Å². The molecule has 1 saturated heterocycles. The third-order valence-corrected chi connectivity index (χ3v) is 3.40. The van der Waals surface area contributed by atoms with Crippen LogP contribution < -0.4 is 5.32 Å². The van der Waals surface area contributed by atoms with E-state index in [1.807, 2.05) is 0 Å². The summed E-state index contributed by atoms with van der Waals surface area (Å²) in [5, 5.41) is 8.30. The molecule has 1 aliphatic heterocycles. The van der Waals surface area contributed by atoms with E-state index in [4.69, 9.17) is 32.5 Å². The van der Waals surface area contributed by atoms with Crippen molar-refractivity contribution in [1.82, 2.24) is 15.5 Å². The molecule has 1 unspecified atom stereocenters. The maximum absolute atomic E-state index is 6.10. The molecule has 1 aliphatic rings.